The Morgan fingerprint density at radius 1 is 1.37 bits per heavy atom. The van der Waals surface area contributed by atoms with Crippen LogP contribution in [-0.2, 0) is 14.3 Å². The Balaban J connectivity index is 2.12. The number of urea groups is 1. The van der Waals surface area contributed by atoms with Gasteiger partial charge >= 0.3 is 12.0 Å². The normalized spacial score (nSPS) is 27.3. The third-order valence-corrected chi connectivity index (χ3v) is 3.03. The van der Waals surface area contributed by atoms with E-state index >= 15 is 0 Å². The second-order valence-electron chi connectivity index (χ2n) is 5.92. The van der Waals surface area contributed by atoms with Crippen molar-refractivity contribution in [2.75, 3.05) is 0 Å². The average molecular weight is 266 g/mol. The fourth-order valence-electron chi connectivity index (χ4n) is 2.10. The zero-order valence-corrected chi connectivity index (χ0v) is 11.3. The number of carbonyl (C=O) groups excluding carboxylic acids is 3. The van der Waals surface area contributed by atoms with Crippen LogP contribution >= 0.6 is 0 Å². The van der Waals surface area contributed by atoms with E-state index in [-0.39, 0.29) is 5.92 Å². The molecule has 0 radical (unpaired) electrons. The molecule has 0 bridgehead atoms. The number of carbonyl (C=O) groups is 3. The molecule has 6 heteroatoms. The standard InChI is InChI=1S/C13H18N2O4/c1-12(2,3)19-9(16)6-7-13(8-4-5-8)10(17)14-11(18)15-13/h6-8H,4-5H2,1-3H3,(H2,14,15,17,18)/b7-6+. The molecule has 2 fully saturated rings. The summed E-state index contributed by atoms with van der Waals surface area (Å²) in [5.41, 5.74) is -1.68. The quantitative estimate of drug-likeness (QED) is 0.451. The van der Waals surface area contributed by atoms with Gasteiger partial charge in [-0.2, -0.15) is 0 Å². The van der Waals surface area contributed by atoms with Gasteiger partial charge in [-0.05, 0) is 45.6 Å². The van der Waals surface area contributed by atoms with Crippen molar-refractivity contribution < 1.29 is 19.1 Å². The van der Waals surface area contributed by atoms with Crippen LogP contribution in [0.25, 0.3) is 0 Å². The Morgan fingerprint density at radius 2 is 2.00 bits per heavy atom. The summed E-state index contributed by atoms with van der Waals surface area (Å²) in [4.78, 5) is 34.8. The summed E-state index contributed by atoms with van der Waals surface area (Å²) >= 11 is 0. The number of imide groups is 1. The minimum absolute atomic E-state index is 0.0534. The molecule has 0 aromatic rings. The SMILES string of the molecule is CC(C)(C)OC(=O)/C=C/C1(C2CC2)NC(=O)NC1=O. The lowest BCUT2D eigenvalue weighted by Crippen LogP contribution is -2.47. The molecule has 1 atom stereocenters. The second kappa shape index (κ2) is 4.36. The monoisotopic (exact) mass is 266 g/mol. The van der Waals surface area contributed by atoms with Crippen molar-refractivity contribution in [1.82, 2.24) is 10.6 Å². The number of rotatable bonds is 3. The Morgan fingerprint density at radius 3 is 2.42 bits per heavy atom. The van der Waals surface area contributed by atoms with Crippen LogP contribution in [0, 0.1) is 5.92 Å². The van der Waals surface area contributed by atoms with Crippen LogP contribution in [0.15, 0.2) is 12.2 Å². The Kier molecular flexibility index (Phi) is 3.12. The van der Waals surface area contributed by atoms with Gasteiger partial charge in [-0.1, -0.05) is 0 Å². The second-order valence-corrected chi connectivity index (χ2v) is 5.92. The Hall–Kier alpha value is -1.85. The van der Waals surface area contributed by atoms with E-state index in [9.17, 15) is 14.4 Å². The number of esters is 1. The predicted octanol–water partition coefficient (Wildman–Crippen LogP) is 0.872. The first kappa shape index (κ1) is 13.6. The highest BCUT2D eigenvalue weighted by atomic mass is 16.6. The van der Waals surface area contributed by atoms with Crippen LogP contribution in [-0.4, -0.2) is 29.0 Å². The molecule has 3 amide bonds. The predicted molar refractivity (Wildman–Crippen MR) is 67.1 cm³/mol. The fraction of sp³-hybridized carbons (Fsp3) is 0.615. The van der Waals surface area contributed by atoms with Crippen LogP contribution < -0.4 is 10.6 Å². The summed E-state index contributed by atoms with van der Waals surface area (Å²) in [5.74, 6) is -0.876. The van der Waals surface area contributed by atoms with E-state index in [2.05, 4.69) is 10.6 Å². The van der Waals surface area contributed by atoms with Gasteiger partial charge in [-0.3, -0.25) is 10.1 Å². The zero-order chi connectivity index (χ0) is 14.3. The maximum atomic E-state index is 11.9. The largest absolute Gasteiger partial charge is 0.457 e. The molecule has 104 valence electrons. The molecule has 1 saturated carbocycles. The van der Waals surface area contributed by atoms with E-state index in [0.29, 0.717) is 0 Å². The molecule has 0 aromatic heterocycles. The van der Waals surface area contributed by atoms with Crippen molar-refractivity contribution in [2.24, 2.45) is 5.92 Å². The first-order chi connectivity index (χ1) is 8.73. The lowest BCUT2D eigenvalue weighted by molar-refractivity contribution is -0.148. The van der Waals surface area contributed by atoms with Crippen molar-refractivity contribution in [3.8, 4) is 0 Å². The van der Waals surface area contributed by atoms with Crippen molar-refractivity contribution in [3.05, 3.63) is 12.2 Å². The van der Waals surface area contributed by atoms with Crippen molar-refractivity contribution >= 4 is 17.9 Å². The molecule has 1 unspecified atom stereocenters. The summed E-state index contributed by atoms with van der Waals surface area (Å²) < 4.78 is 5.13. The van der Waals surface area contributed by atoms with Crippen molar-refractivity contribution in [1.29, 1.82) is 0 Å². The van der Waals surface area contributed by atoms with Gasteiger partial charge in [0.2, 0.25) is 0 Å². The van der Waals surface area contributed by atoms with Gasteiger partial charge in [-0.15, -0.1) is 0 Å². The van der Waals surface area contributed by atoms with Crippen molar-refractivity contribution in [2.45, 2.75) is 44.8 Å². The smallest absolute Gasteiger partial charge is 0.331 e. The van der Waals surface area contributed by atoms with Gasteiger partial charge in [-0.25, -0.2) is 9.59 Å². The van der Waals surface area contributed by atoms with Gasteiger partial charge in [0.05, 0.1) is 0 Å². The molecule has 1 aliphatic carbocycles. The van der Waals surface area contributed by atoms with Crippen LogP contribution in [0.4, 0.5) is 4.79 Å². The third-order valence-electron chi connectivity index (χ3n) is 3.03. The summed E-state index contributed by atoms with van der Waals surface area (Å²) in [6, 6.07) is -0.522. The van der Waals surface area contributed by atoms with Gasteiger partial charge < -0.3 is 10.1 Å². The minimum Gasteiger partial charge on any atom is -0.457 e. The molecule has 0 aromatic carbocycles. The van der Waals surface area contributed by atoms with Gasteiger partial charge in [0.25, 0.3) is 5.91 Å². The lowest BCUT2D eigenvalue weighted by atomic mass is 9.93. The summed E-state index contributed by atoms with van der Waals surface area (Å²) in [6.45, 7) is 5.29. The highest BCUT2D eigenvalue weighted by molar-refractivity contribution is 6.09. The lowest BCUT2D eigenvalue weighted by Gasteiger charge is -2.22. The molecule has 19 heavy (non-hydrogen) atoms. The maximum absolute atomic E-state index is 11.9. The van der Waals surface area contributed by atoms with E-state index in [1.807, 2.05) is 0 Å². The number of amides is 3. The molecule has 1 aliphatic heterocycles. The molecule has 1 heterocycles. The molecule has 1 saturated heterocycles. The highest BCUT2D eigenvalue weighted by Gasteiger charge is 2.54. The molecular formula is C13H18N2O4. The maximum Gasteiger partial charge on any atom is 0.331 e. The summed E-state index contributed by atoms with van der Waals surface area (Å²) in [5, 5.41) is 4.81. The first-order valence-corrected chi connectivity index (χ1v) is 6.29. The minimum atomic E-state index is -1.09. The summed E-state index contributed by atoms with van der Waals surface area (Å²) in [6.07, 6.45) is 4.37. The fourth-order valence-corrected chi connectivity index (χ4v) is 2.10. The van der Waals surface area contributed by atoms with E-state index in [4.69, 9.17) is 4.74 Å². The molecule has 2 N–H and O–H groups in total. The molecule has 6 nitrogen and oxygen atoms in total. The Bertz CT molecular complexity index is 460. The van der Waals surface area contributed by atoms with E-state index < -0.39 is 29.0 Å². The zero-order valence-electron chi connectivity index (χ0n) is 11.3. The van der Waals surface area contributed by atoms with E-state index in [1.165, 1.54) is 12.2 Å². The van der Waals surface area contributed by atoms with E-state index in [0.717, 1.165) is 12.8 Å². The molecular weight excluding hydrogens is 248 g/mol. The molecule has 2 rings (SSSR count). The van der Waals surface area contributed by atoms with Crippen LogP contribution in [0.1, 0.15) is 33.6 Å². The first-order valence-electron chi connectivity index (χ1n) is 6.29. The van der Waals surface area contributed by atoms with Crippen LogP contribution in [0.2, 0.25) is 0 Å². The number of nitrogens with one attached hydrogen (secondary N) is 2. The van der Waals surface area contributed by atoms with Gasteiger partial charge in [0.1, 0.15) is 11.1 Å². The number of hydrogen-bond acceptors (Lipinski definition) is 4. The highest BCUT2D eigenvalue weighted by Crippen LogP contribution is 2.42. The number of ether oxygens (including phenoxy) is 1. The summed E-state index contributed by atoms with van der Waals surface area (Å²) in [7, 11) is 0. The van der Waals surface area contributed by atoms with Gasteiger partial charge in [0, 0.05) is 6.08 Å². The van der Waals surface area contributed by atoms with Crippen LogP contribution in [0.5, 0.6) is 0 Å². The average Bonchev–Trinajstić information content (AvgIpc) is 3.01. The third kappa shape index (κ3) is 2.94. The molecule has 2 aliphatic rings. The topological polar surface area (TPSA) is 84.5 Å². The van der Waals surface area contributed by atoms with Crippen LogP contribution in [0.3, 0.4) is 0 Å². The Labute approximate surface area is 111 Å². The van der Waals surface area contributed by atoms with E-state index in [1.54, 1.807) is 20.8 Å². The van der Waals surface area contributed by atoms with Crippen molar-refractivity contribution in [3.63, 3.8) is 0 Å². The molecule has 0 spiro atoms. The number of hydrogen-bond donors (Lipinski definition) is 2. The van der Waals surface area contributed by atoms with Gasteiger partial charge in [0.15, 0.2) is 0 Å².